The van der Waals surface area contributed by atoms with Crippen LogP contribution in [0.15, 0.2) is 29.6 Å². The molecule has 3 rings (SSSR count). The van der Waals surface area contributed by atoms with Crippen molar-refractivity contribution in [3.05, 3.63) is 35.3 Å². The molecule has 2 aromatic rings. The lowest BCUT2D eigenvalue weighted by Crippen LogP contribution is -2.40. The van der Waals surface area contributed by atoms with E-state index in [0.717, 1.165) is 4.90 Å². The lowest BCUT2D eigenvalue weighted by atomic mass is 10.1. The molecule has 1 aliphatic rings. The molecule has 1 amide bonds. The number of phenols is 1. The smallest absolute Gasteiger partial charge is 0.471 e. The van der Waals surface area contributed by atoms with Gasteiger partial charge in [0, 0.05) is 11.9 Å². The van der Waals surface area contributed by atoms with Crippen LogP contribution in [0.4, 0.5) is 13.2 Å². The van der Waals surface area contributed by atoms with Gasteiger partial charge in [0.15, 0.2) is 0 Å². The van der Waals surface area contributed by atoms with E-state index in [2.05, 4.69) is 4.98 Å². The number of halogens is 3. The van der Waals surface area contributed by atoms with Crippen molar-refractivity contribution in [2.75, 3.05) is 6.54 Å². The molecule has 0 saturated carbocycles. The third kappa shape index (κ3) is 3.03. The summed E-state index contributed by atoms with van der Waals surface area (Å²) in [5.74, 6) is -1.76. The monoisotopic (exact) mass is 342 g/mol. The van der Waals surface area contributed by atoms with Crippen LogP contribution in [0.25, 0.3) is 10.6 Å². The molecule has 1 aliphatic heterocycles. The fourth-order valence-electron chi connectivity index (χ4n) is 2.70. The Kier molecular flexibility index (Phi) is 4.01. The van der Waals surface area contributed by atoms with Gasteiger partial charge in [-0.2, -0.15) is 13.2 Å². The van der Waals surface area contributed by atoms with E-state index in [-0.39, 0.29) is 12.3 Å². The fraction of sp³-hybridized carbons (Fsp3) is 0.333. The summed E-state index contributed by atoms with van der Waals surface area (Å²) in [6.45, 7) is 0.0759. The van der Waals surface area contributed by atoms with Crippen LogP contribution in [0.1, 0.15) is 24.6 Å². The first-order valence-corrected chi connectivity index (χ1v) is 7.87. The Labute approximate surface area is 134 Å². The van der Waals surface area contributed by atoms with Crippen molar-refractivity contribution < 1.29 is 23.1 Å². The Morgan fingerprint density at radius 1 is 1.35 bits per heavy atom. The quantitative estimate of drug-likeness (QED) is 0.904. The van der Waals surface area contributed by atoms with Crippen molar-refractivity contribution in [3.8, 4) is 16.3 Å². The third-order valence-corrected chi connectivity index (χ3v) is 4.65. The number of aromatic nitrogens is 1. The normalized spacial score (nSPS) is 18.4. The Balaban J connectivity index is 1.88. The van der Waals surface area contributed by atoms with Gasteiger partial charge in [0.1, 0.15) is 10.8 Å². The highest BCUT2D eigenvalue weighted by molar-refractivity contribution is 7.13. The zero-order valence-electron chi connectivity index (χ0n) is 11.9. The molecule has 23 heavy (non-hydrogen) atoms. The Bertz CT molecular complexity index is 730. The summed E-state index contributed by atoms with van der Waals surface area (Å²) in [5, 5.41) is 12.0. The number of rotatable bonds is 2. The molecular formula is C15H13F3N2O2S. The summed E-state index contributed by atoms with van der Waals surface area (Å²) in [6, 6.07) is 5.95. The van der Waals surface area contributed by atoms with Gasteiger partial charge in [-0.15, -0.1) is 11.3 Å². The number of para-hydroxylation sites is 1. The van der Waals surface area contributed by atoms with E-state index in [1.165, 1.54) is 17.4 Å². The minimum atomic E-state index is -4.88. The van der Waals surface area contributed by atoms with E-state index in [1.807, 2.05) is 0 Å². The van der Waals surface area contributed by atoms with E-state index in [9.17, 15) is 23.1 Å². The maximum Gasteiger partial charge on any atom is 0.471 e. The van der Waals surface area contributed by atoms with Gasteiger partial charge >= 0.3 is 12.1 Å². The highest BCUT2D eigenvalue weighted by Gasteiger charge is 2.46. The van der Waals surface area contributed by atoms with E-state index in [1.54, 1.807) is 23.6 Å². The number of likely N-dealkylation sites (tertiary alicyclic amines) is 1. The molecule has 122 valence electrons. The first kappa shape index (κ1) is 15.8. The second kappa shape index (κ2) is 5.84. The third-order valence-electron chi connectivity index (χ3n) is 3.75. The number of phenolic OH excluding ortho intramolecular Hbond substituents is 1. The first-order chi connectivity index (χ1) is 10.9. The Hall–Kier alpha value is -2.09. The van der Waals surface area contributed by atoms with E-state index < -0.39 is 18.1 Å². The molecule has 4 nitrogen and oxygen atoms in total. The predicted molar refractivity (Wildman–Crippen MR) is 79.0 cm³/mol. The molecule has 0 bridgehead atoms. The van der Waals surface area contributed by atoms with Gasteiger partial charge in [-0.3, -0.25) is 4.79 Å². The van der Waals surface area contributed by atoms with Gasteiger partial charge in [0.05, 0.1) is 17.3 Å². The average molecular weight is 342 g/mol. The number of alkyl halides is 3. The molecule has 1 fully saturated rings. The molecular weight excluding hydrogens is 329 g/mol. The van der Waals surface area contributed by atoms with Crippen LogP contribution in [0.3, 0.4) is 0 Å². The van der Waals surface area contributed by atoms with E-state index in [4.69, 9.17) is 0 Å². The predicted octanol–water partition coefficient (Wildman–Crippen LogP) is 3.74. The molecule has 1 unspecified atom stereocenters. The average Bonchev–Trinajstić information content (AvgIpc) is 3.14. The summed E-state index contributed by atoms with van der Waals surface area (Å²) >= 11 is 1.23. The number of benzene rings is 1. The van der Waals surface area contributed by atoms with Crippen molar-refractivity contribution >= 4 is 17.2 Å². The van der Waals surface area contributed by atoms with Crippen LogP contribution in [0, 0.1) is 0 Å². The lowest BCUT2D eigenvalue weighted by molar-refractivity contribution is -0.186. The van der Waals surface area contributed by atoms with Gasteiger partial charge < -0.3 is 10.0 Å². The van der Waals surface area contributed by atoms with Crippen molar-refractivity contribution in [2.24, 2.45) is 0 Å². The molecule has 1 atom stereocenters. The van der Waals surface area contributed by atoms with Gasteiger partial charge in [-0.1, -0.05) is 12.1 Å². The highest BCUT2D eigenvalue weighted by atomic mass is 32.1. The van der Waals surface area contributed by atoms with Gasteiger partial charge in [-0.05, 0) is 25.0 Å². The Morgan fingerprint density at radius 3 is 2.78 bits per heavy atom. The maximum atomic E-state index is 12.7. The van der Waals surface area contributed by atoms with Crippen LogP contribution >= 0.6 is 11.3 Å². The van der Waals surface area contributed by atoms with Gasteiger partial charge in [0.25, 0.3) is 0 Å². The van der Waals surface area contributed by atoms with Crippen LogP contribution in [0.5, 0.6) is 5.75 Å². The fourth-order valence-corrected chi connectivity index (χ4v) is 3.60. The van der Waals surface area contributed by atoms with Crippen molar-refractivity contribution in [2.45, 2.75) is 25.1 Å². The molecule has 2 heterocycles. The summed E-state index contributed by atoms with van der Waals surface area (Å²) in [5.41, 5.74) is 0.957. The zero-order valence-corrected chi connectivity index (χ0v) is 12.7. The minimum absolute atomic E-state index is 0.0584. The second-order valence-electron chi connectivity index (χ2n) is 5.25. The largest absolute Gasteiger partial charge is 0.507 e. The number of nitrogens with zero attached hydrogens (tertiary/aromatic N) is 2. The van der Waals surface area contributed by atoms with E-state index in [0.29, 0.717) is 29.1 Å². The molecule has 1 saturated heterocycles. The second-order valence-corrected chi connectivity index (χ2v) is 6.11. The number of hydrogen-bond donors (Lipinski definition) is 1. The summed E-state index contributed by atoms with van der Waals surface area (Å²) in [6.07, 6.45) is -3.92. The number of hydrogen-bond acceptors (Lipinski definition) is 4. The number of aromatic hydroxyl groups is 1. The van der Waals surface area contributed by atoms with Gasteiger partial charge in [0.2, 0.25) is 0 Å². The summed E-state index contributed by atoms with van der Waals surface area (Å²) < 4.78 is 38.0. The zero-order chi connectivity index (χ0) is 16.6. The highest BCUT2D eigenvalue weighted by Crippen LogP contribution is 2.38. The van der Waals surface area contributed by atoms with E-state index >= 15 is 0 Å². The van der Waals surface area contributed by atoms with Crippen molar-refractivity contribution in [1.82, 2.24) is 9.88 Å². The SMILES string of the molecule is O=C(N1CCCC1c1csc(-c2ccccc2O)n1)C(F)(F)F. The first-order valence-electron chi connectivity index (χ1n) is 6.99. The van der Waals surface area contributed by atoms with Crippen molar-refractivity contribution in [3.63, 3.8) is 0 Å². The molecule has 1 N–H and O–H groups in total. The number of thiazole rings is 1. The molecule has 0 aliphatic carbocycles. The maximum absolute atomic E-state index is 12.7. The van der Waals surface area contributed by atoms with Gasteiger partial charge in [-0.25, -0.2) is 4.98 Å². The van der Waals surface area contributed by atoms with Crippen molar-refractivity contribution in [1.29, 1.82) is 0 Å². The topological polar surface area (TPSA) is 53.4 Å². The molecule has 0 spiro atoms. The molecule has 8 heteroatoms. The minimum Gasteiger partial charge on any atom is -0.507 e. The number of carbonyl (C=O) groups excluding carboxylic acids is 1. The van der Waals surface area contributed by atoms with Crippen LogP contribution in [0.2, 0.25) is 0 Å². The van der Waals surface area contributed by atoms with Crippen LogP contribution < -0.4 is 0 Å². The molecule has 1 aromatic heterocycles. The lowest BCUT2D eigenvalue weighted by Gasteiger charge is -2.24. The summed E-state index contributed by atoms with van der Waals surface area (Å²) in [4.78, 5) is 16.7. The number of amides is 1. The van der Waals surface area contributed by atoms with Crippen LogP contribution in [-0.4, -0.2) is 33.6 Å². The standard InChI is InChI=1S/C15H13F3N2O2S/c16-15(17,18)14(22)20-7-3-5-11(20)10-8-23-13(19-10)9-4-1-2-6-12(9)21/h1-2,4,6,8,11,21H,3,5,7H2. The number of carbonyl (C=O) groups is 1. The molecule has 0 radical (unpaired) electrons. The Morgan fingerprint density at radius 2 is 2.09 bits per heavy atom. The van der Waals surface area contributed by atoms with Crippen LogP contribution in [-0.2, 0) is 4.79 Å². The molecule has 1 aromatic carbocycles. The summed E-state index contributed by atoms with van der Waals surface area (Å²) in [7, 11) is 0.